The van der Waals surface area contributed by atoms with Gasteiger partial charge in [0.2, 0.25) is 0 Å². The Hall–Kier alpha value is -1.94. The second-order valence-corrected chi connectivity index (χ2v) is 9.09. The smallest absolute Gasteiger partial charge is 0.412 e. The zero-order chi connectivity index (χ0) is 21.5. The number of rotatable bonds is 5. The molecule has 1 aliphatic carbocycles. The van der Waals surface area contributed by atoms with Crippen molar-refractivity contribution in [2.24, 2.45) is 22.4 Å². The van der Waals surface area contributed by atoms with Crippen molar-refractivity contribution in [2.75, 3.05) is 19.8 Å². The van der Waals surface area contributed by atoms with Crippen LogP contribution in [0.15, 0.2) is 27.6 Å². The number of carbonyl (C=O) groups is 1. The van der Waals surface area contributed by atoms with Crippen LogP contribution in [0.2, 0.25) is 0 Å². The first-order chi connectivity index (χ1) is 13.6. The van der Waals surface area contributed by atoms with E-state index < -0.39 is 10.9 Å². The van der Waals surface area contributed by atoms with E-state index >= 15 is 0 Å². The van der Waals surface area contributed by atoms with E-state index in [1.807, 2.05) is 0 Å². The highest BCUT2D eigenvalue weighted by atomic mass is 79.9. The fourth-order valence-corrected chi connectivity index (χ4v) is 4.98. The van der Waals surface area contributed by atoms with Crippen LogP contribution in [0.4, 0.5) is 0 Å². The van der Waals surface area contributed by atoms with Gasteiger partial charge in [-0.3, -0.25) is 0 Å². The number of nitrogens with one attached hydrogen (secondary N) is 1. The summed E-state index contributed by atoms with van der Waals surface area (Å²) in [5.74, 6) is -0.355. The molecule has 0 radical (unpaired) electrons. The Morgan fingerprint density at radius 2 is 2.24 bits per heavy atom. The van der Waals surface area contributed by atoms with Gasteiger partial charge in [0.1, 0.15) is 0 Å². The maximum absolute atomic E-state index is 11.8. The molecule has 0 unspecified atom stereocenters. The van der Waals surface area contributed by atoms with Gasteiger partial charge in [-0.15, -0.1) is 0 Å². The number of hydrogen-bond acceptors (Lipinski definition) is 8. The maximum Gasteiger partial charge on any atom is 0.412 e. The van der Waals surface area contributed by atoms with E-state index in [0.717, 1.165) is 6.42 Å². The van der Waals surface area contributed by atoms with Gasteiger partial charge in [0.15, 0.2) is 12.2 Å². The molecular formula is C19H27BrN4O5. The molecule has 2 bridgehead atoms. The van der Waals surface area contributed by atoms with Crippen LogP contribution in [0.1, 0.15) is 34.1 Å². The fourth-order valence-electron chi connectivity index (χ4n) is 4.49. The first-order valence-electron chi connectivity index (χ1n) is 9.71. The molecule has 4 atom stereocenters. The minimum absolute atomic E-state index is 0.00219. The molecule has 3 aliphatic rings. The van der Waals surface area contributed by atoms with E-state index in [0.29, 0.717) is 22.7 Å². The molecule has 2 fully saturated rings. The van der Waals surface area contributed by atoms with Crippen LogP contribution in [0.25, 0.3) is 0 Å². The number of hydrogen-bond donors (Lipinski definition) is 1. The first kappa shape index (κ1) is 21.8. The van der Waals surface area contributed by atoms with Crippen molar-refractivity contribution in [2.45, 2.75) is 46.3 Å². The standard InChI is InChI=1S/C19H27BrN4O5/c1-6-28-14(25)8-23-11(3)15(20)16(18(22-23)24(26)27)21-13-7-12-9-29-17(10(13)2)19(12,4)5/h10,12-13,17,21H,3,6-9H2,1-2,4-5H3/t10-,12+,13+,17-/m0/s1. The normalized spacial score (nSPS) is 30.9. The van der Waals surface area contributed by atoms with Gasteiger partial charge in [-0.2, -0.15) is 5.01 Å². The van der Waals surface area contributed by atoms with Gasteiger partial charge in [0, 0.05) is 12.0 Å². The summed E-state index contributed by atoms with van der Waals surface area (Å²) in [4.78, 5) is 23.0. The van der Waals surface area contributed by atoms with Gasteiger partial charge in [-0.25, -0.2) is 4.79 Å². The molecule has 29 heavy (non-hydrogen) atoms. The van der Waals surface area contributed by atoms with Gasteiger partial charge < -0.3 is 24.9 Å². The molecular weight excluding hydrogens is 444 g/mol. The first-order valence-corrected chi connectivity index (χ1v) is 10.5. The summed E-state index contributed by atoms with van der Waals surface area (Å²) in [5, 5.41) is 20.3. The van der Waals surface area contributed by atoms with Gasteiger partial charge in [-0.05, 0) is 45.5 Å². The summed E-state index contributed by atoms with van der Waals surface area (Å²) in [6, 6.07) is -0.00219. The summed E-state index contributed by atoms with van der Waals surface area (Å²) in [7, 11) is 0. The third-order valence-corrected chi connectivity index (χ3v) is 7.08. The molecule has 3 rings (SSSR count). The second-order valence-electron chi connectivity index (χ2n) is 8.30. The zero-order valence-electron chi connectivity index (χ0n) is 17.1. The van der Waals surface area contributed by atoms with Crippen LogP contribution in [0.5, 0.6) is 0 Å². The minimum atomic E-state index is -0.559. The van der Waals surface area contributed by atoms with Crippen LogP contribution < -0.4 is 5.32 Å². The number of allylic oxidation sites excluding steroid dienone is 1. The minimum Gasteiger partial charge on any atom is -0.465 e. The van der Waals surface area contributed by atoms with E-state index in [1.54, 1.807) is 6.92 Å². The van der Waals surface area contributed by atoms with Crippen LogP contribution in [-0.4, -0.2) is 53.6 Å². The lowest BCUT2D eigenvalue weighted by Crippen LogP contribution is -2.52. The van der Waals surface area contributed by atoms with Crippen molar-refractivity contribution < 1.29 is 19.2 Å². The number of halogens is 1. The number of amidine groups is 1. The Balaban J connectivity index is 1.84. The Morgan fingerprint density at radius 3 is 2.86 bits per heavy atom. The fraction of sp³-hybridized carbons (Fsp3) is 0.684. The SMILES string of the molecule is C=C1C(Br)=C(N[C@@H]2C[C@@H]3CO[C@@H]([C@H]2C)C3(C)C)C([N+](=O)[O-])=NN1CC(=O)OCC. The molecule has 0 spiro atoms. The number of hydrazone groups is 1. The molecule has 0 amide bonds. The topological polar surface area (TPSA) is 106 Å². The summed E-state index contributed by atoms with van der Waals surface area (Å²) < 4.78 is 11.3. The van der Waals surface area contributed by atoms with Crippen molar-refractivity contribution in [3.8, 4) is 0 Å². The molecule has 1 saturated carbocycles. The van der Waals surface area contributed by atoms with Gasteiger partial charge in [0.25, 0.3) is 0 Å². The highest BCUT2D eigenvalue weighted by Crippen LogP contribution is 2.50. The van der Waals surface area contributed by atoms with Gasteiger partial charge in [-0.1, -0.05) is 27.4 Å². The Labute approximate surface area is 178 Å². The summed E-state index contributed by atoms with van der Waals surface area (Å²) in [6.45, 7) is 12.8. The lowest BCUT2D eigenvalue weighted by atomic mass is 9.64. The number of nitrogens with zero attached hydrogens (tertiary/aromatic N) is 3. The van der Waals surface area contributed by atoms with Crippen LogP contribution >= 0.6 is 15.9 Å². The van der Waals surface area contributed by atoms with E-state index in [4.69, 9.17) is 9.47 Å². The van der Waals surface area contributed by atoms with Crippen LogP contribution in [-0.2, 0) is 14.3 Å². The number of carbonyl (C=O) groups excluding carboxylic acids is 1. The van der Waals surface area contributed by atoms with Crippen molar-refractivity contribution in [1.29, 1.82) is 0 Å². The molecule has 9 nitrogen and oxygen atoms in total. The molecule has 0 aromatic heterocycles. The average molecular weight is 471 g/mol. The molecule has 10 heteroatoms. The van der Waals surface area contributed by atoms with Crippen LogP contribution in [0.3, 0.4) is 0 Å². The lowest BCUT2D eigenvalue weighted by Gasteiger charge is -2.44. The Bertz CT molecular complexity index is 793. The number of fused-ring (bicyclic) bond motifs is 2. The highest BCUT2D eigenvalue weighted by molar-refractivity contribution is 9.12. The molecule has 1 N–H and O–H groups in total. The highest BCUT2D eigenvalue weighted by Gasteiger charge is 2.53. The van der Waals surface area contributed by atoms with E-state index in [-0.39, 0.29) is 48.2 Å². The summed E-state index contributed by atoms with van der Waals surface area (Å²) in [6.07, 6.45) is 0.930. The average Bonchev–Trinajstić information content (AvgIpc) is 2.81. The van der Waals surface area contributed by atoms with Crippen molar-refractivity contribution >= 4 is 27.7 Å². The molecule has 2 aliphatic heterocycles. The summed E-state index contributed by atoms with van der Waals surface area (Å²) in [5.41, 5.74) is 0.709. The van der Waals surface area contributed by atoms with Crippen molar-refractivity contribution in [3.05, 3.63) is 32.6 Å². The molecule has 160 valence electrons. The van der Waals surface area contributed by atoms with Crippen LogP contribution in [0, 0.1) is 27.4 Å². The Morgan fingerprint density at radius 1 is 1.55 bits per heavy atom. The third-order valence-electron chi connectivity index (χ3n) is 6.22. The maximum atomic E-state index is 11.8. The Kier molecular flexibility index (Phi) is 6.05. The monoisotopic (exact) mass is 470 g/mol. The van der Waals surface area contributed by atoms with Crippen molar-refractivity contribution in [1.82, 2.24) is 10.3 Å². The predicted molar refractivity (Wildman–Crippen MR) is 111 cm³/mol. The van der Waals surface area contributed by atoms with E-state index in [1.165, 1.54) is 5.01 Å². The molecule has 0 aromatic rings. The second kappa shape index (κ2) is 8.06. The zero-order valence-corrected chi connectivity index (χ0v) is 18.7. The molecule has 2 heterocycles. The van der Waals surface area contributed by atoms with Crippen molar-refractivity contribution in [3.63, 3.8) is 0 Å². The molecule has 0 aromatic carbocycles. The number of ether oxygens (including phenoxy) is 2. The number of nitro groups is 1. The third kappa shape index (κ3) is 3.92. The summed E-state index contributed by atoms with van der Waals surface area (Å²) >= 11 is 3.42. The van der Waals surface area contributed by atoms with E-state index in [9.17, 15) is 14.9 Å². The van der Waals surface area contributed by atoms with Gasteiger partial charge >= 0.3 is 11.8 Å². The number of esters is 1. The lowest BCUT2D eigenvalue weighted by molar-refractivity contribution is -0.351. The van der Waals surface area contributed by atoms with Gasteiger partial charge in [0.05, 0.1) is 34.6 Å². The predicted octanol–water partition coefficient (Wildman–Crippen LogP) is 2.61. The van der Waals surface area contributed by atoms with E-state index in [2.05, 4.69) is 53.7 Å². The quantitative estimate of drug-likeness (QED) is 0.373. The molecule has 1 saturated heterocycles. The largest absolute Gasteiger partial charge is 0.465 e.